The van der Waals surface area contributed by atoms with Crippen molar-refractivity contribution in [3.63, 3.8) is 0 Å². The molecule has 4 aromatic rings. The number of hydrogen-bond acceptors (Lipinski definition) is 2. The minimum Gasteiger partial charge on any atom is -0.493 e. The first-order valence-electron chi connectivity index (χ1n) is 11.5. The van der Waals surface area contributed by atoms with Crippen molar-refractivity contribution in [2.75, 3.05) is 6.61 Å². The average Bonchev–Trinajstić information content (AvgIpc) is 2.80. The van der Waals surface area contributed by atoms with Crippen LogP contribution in [-0.2, 0) is 24.9 Å². The highest BCUT2D eigenvalue weighted by molar-refractivity contribution is 5.87. The van der Waals surface area contributed by atoms with Gasteiger partial charge >= 0.3 is 0 Å². The van der Waals surface area contributed by atoms with Gasteiger partial charge in [-0.2, -0.15) is 0 Å². The number of benzene rings is 4. The van der Waals surface area contributed by atoms with Crippen LogP contribution < -0.4 is 10.1 Å². The Morgan fingerprint density at radius 2 is 1.41 bits per heavy atom. The van der Waals surface area contributed by atoms with E-state index in [1.54, 1.807) is 0 Å². The molecule has 2 heteroatoms. The minimum atomic E-state index is 0.181. The number of hydrogen-bond donors (Lipinski definition) is 1. The maximum absolute atomic E-state index is 6.27. The van der Waals surface area contributed by atoms with Crippen molar-refractivity contribution in [3.8, 4) is 5.75 Å². The Kier molecular flexibility index (Phi) is 6.92. The van der Waals surface area contributed by atoms with Crippen molar-refractivity contribution in [3.05, 3.63) is 113 Å². The quantitative estimate of drug-likeness (QED) is 0.328. The molecule has 4 rings (SSSR count). The second kappa shape index (κ2) is 10.0. The molecule has 0 fully saturated rings. The molecule has 0 aliphatic carbocycles. The fourth-order valence-corrected chi connectivity index (χ4v) is 4.01. The molecule has 164 valence electrons. The lowest BCUT2D eigenvalue weighted by Gasteiger charge is -2.19. The van der Waals surface area contributed by atoms with Gasteiger partial charge in [-0.1, -0.05) is 106 Å². The highest BCUT2D eigenvalue weighted by Crippen LogP contribution is 2.28. The van der Waals surface area contributed by atoms with E-state index in [2.05, 4.69) is 111 Å². The lowest BCUT2D eigenvalue weighted by Crippen LogP contribution is -2.15. The number of fused-ring (bicyclic) bond motifs is 1. The highest BCUT2D eigenvalue weighted by atomic mass is 16.5. The lowest BCUT2D eigenvalue weighted by atomic mass is 9.87. The molecule has 4 aromatic carbocycles. The summed E-state index contributed by atoms with van der Waals surface area (Å²) >= 11 is 0. The summed E-state index contributed by atoms with van der Waals surface area (Å²) in [5.74, 6) is 0.968. The van der Waals surface area contributed by atoms with Gasteiger partial charge in [0, 0.05) is 25.1 Å². The van der Waals surface area contributed by atoms with Crippen LogP contribution in [0.4, 0.5) is 0 Å². The minimum absolute atomic E-state index is 0.181. The van der Waals surface area contributed by atoms with Gasteiger partial charge in [0.1, 0.15) is 5.75 Å². The van der Waals surface area contributed by atoms with Gasteiger partial charge in [0.05, 0.1) is 6.61 Å². The van der Waals surface area contributed by atoms with E-state index in [4.69, 9.17) is 4.74 Å². The highest BCUT2D eigenvalue weighted by Gasteiger charge is 2.13. The SMILES string of the molecule is CC(C)(C)c1ccc(CNCc2c(OCCc3ccccc3)ccc3ccccc23)cc1. The van der Waals surface area contributed by atoms with Gasteiger partial charge in [0.2, 0.25) is 0 Å². The predicted molar refractivity (Wildman–Crippen MR) is 135 cm³/mol. The number of nitrogens with one attached hydrogen (secondary N) is 1. The molecule has 0 saturated carbocycles. The zero-order chi connectivity index (χ0) is 22.4. The summed E-state index contributed by atoms with van der Waals surface area (Å²) in [6, 6.07) is 32.3. The van der Waals surface area contributed by atoms with Crippen molar-refractivity contribution in [2.45, 2.75) is 45.7 Å². The normalized spacial score (nSPS) is 11.6. The van der Waals surface area contributed by atoms with E-state index in [0.29, 0.717) is 6.61 Å². The van der Waals surface area contributed by atoms with Crippen molar-refractivity contribution in [1.29, 1.82) is 0 Å². The lowest BCUT2D eigenvalue weighted by molar-refractivity contribution is 0.318. The van der Waals surface area contributed by atoms with E-state index in [9.17, 15) is 0 Å². The first-order chi connectivity index (χ1) is 15.5. The van der Waals surface area contributed by atoms with E-state index in [-0.39, 0.29) is 5.41 Å². The summed E-state index contributed by atoms with van der Waals surface area (Å²) in [5, 5.41) is 6.13. The Hall–Kier alpha value is -3.10. The predicted octanol–water partition coefficient (Wildman–Crippen LogP) is 7.05. The standard InChI is InChI=1S/C30H33NO/c1-30(2,3)26-16-13-24(14-17-26)21-31-22-28-27-12-8-7-11-25(27)15-18-29(28)32-20-19-23-9-5-4-6-10-23/h4-18,31H,19-22H2,1-3H3. The van der Waals surface area contributed by atoms with Crippen LogP contribution in [0.25, 0.3) is 10.8 Å². The molecular formula is C30H33NO. The van der Waals surface area contributed by atoms with Crippen LogP contribution in [0, 0.1) is 0 Å². The summed E-state index contributed by atoms with van der Waals surface area (Å²) in [4.78, 5) is 0. The first-order valence-corrected chi connectivity index (χ1v) is 11.5. The maximum atomic E-state index is 6.27. The molecule has 32 heavy (non-hydrogen) atoms. The Morgan fingerprint density at radius 3 is 2.16 bits per heavy atom. The summed E-state index contributed by atoms with van der Waals surface area (Å²) in [7, 11) is 0. The van der Waals surface area contributed by atoms with Crippen molar-refractivity contribution in [2.24, 2.45) is 0 Å². The molecule has 0 unspecified atom stereocenters. The molecule has 2 nitrogen and oxygen atoms in total. The fourth-order valence-electron chi connectivity index (χ4n) is 4.01. The number of ether oxygens (including phenoxy) is 1. The van der Waals surface area contributed by atoms with Gasteiger partial charge in [0.15, 0.2) is 0 Å². The third-order valence-electron chi connectivity index (χ3n) is 5.94. The van der Waals surface area contributed by atoms with Gasteiger partial charge < -0.3 is 10.1 Å². The molecule has 0 radical (unpaired) electrons. The van der Waals surface area contributed by atoms with E-state index in [0.717, 1.165) is 25.3 Å². The molecule has 0 saturated heterocycles. The Morgan fingerprint density at radius 1 is 0.688 bits per heavy atom. The van der Waals surface area contributed by atoms with Crippen molar-refractivity contribution in [1.82, 2.24) is 5.32 Å². The summed E-state index contributed by atoms with van der Waals surface area (Å²) in [6.07, 6.45) is 0.903. The molecule has 0 aliphatic heterocycles. The molecule has 0 aliphatic rings. The third kappa shape index (κ3) is 5.57. The van der Waals surface area contributed by atoms with Gasteiger partial charge in [-0.25, -0.2) is 0 Å². The van der Waals surface area contributed by atoms with Crippen LogP contribution in [0.1, 0.15) is 43.0 Å². The van der Waals surface area contributed by atoms with Gasteiger partial charge in [0.25, 0.3) is 0 Å². The zero-order valence-corrected chi connectivity index (χ0v) is 19.4. The molecule has 1 N–H and O–H groups in total. The van der Waals surface area contributed by atoms with Crippen molar-refractivity contribution < 1.29 is 4.74 Å². The molecule has 0 bridgehead atoms. The van der Waals surface area contributed by atoms with Crippen LogP contribution in [-0.4, -0.2) is 6.61 Å². The molecular weight excluding hydrogens is 390 g/mol. The van der Waals surface area contributed by atoms with Crippen LogP contribution in [0.3, 0.4) is 0 Å². The monoisotopic (exact) mass is 423 g/mol. The molecule has 0 aromatic heterocycles. The second-order valence-corrected chi connectivity index (χ2v) is 9.40. The Bertz CT molecular complexity index is 1140. The Labute approximate surface area is 192 Å². The van der Waals surface area contributed by atoms with Crippen LogP contribution >= 0.6 is 0 Å². The molecule has 0 heterocycles. The van der Waals surface area contributed by atoms with E-state index in [1.807, 2.05) is 6.07 Å². The fraction of sp³-hybridized carbons (Fsp3) is 0.267. The van der Waals surface area contributed by atoms with Crippen LogP contribution in [0.5, 0.6) is 5.75 Å². The van der Waals surface area contributed by atoms with Crippen LogP contribution in [0.15, 0.2) is 91.0 Å². The third-order valence-corrected chi connectivity index (χ3v) is 5.94. The van der Waals surface area contributed by atoms with E-state index >= 15 is 0 Å². The van der Waals surface area contributed by atoms with Gasteiger partial charge in [-0.15, -0.1) is 0 Å². The van der Waals surface area contributed by atoms with Gasteiger partial charge in [-0.05, 0) is 38.9 Å². The summed E-state index contributed by atoms with van der Waals surface area (Å²) < 4.78 is 6.27. The van der Waals surface area contributed by atoms with Crippen LogP contribution in [0.2, 0.25) is 0 Å². The smallest absolute Gasteiger partial charge is 0.124 e. The Balaban J connectivity index is 1.45. The largest absolute Gasteiger partial charge is 0.493 e. The van der Waals surface area contributed by atoms with Crippen molar-refractivity contribution >= 4 is 10.8 Å². The summed E-state index contributed by atoms with van der Waals surface area (Å²) in [5.41, 5.74) is 5.37. The number of rotatable bonds is 8. The zero-order valence-electron chi connectivity index (χ0n) is 19.4. The molecule has 0 amide bonds. The maximum Gasteiger partial charge on any atom is 0.124 e. The molecule has 0 spiro atoms. The average molecular weight is 424 g/mol. The first kappa shape index (κ1) is 22.1. The second-order valence-electron chi connectivity index (χ2n) is 9.40. The van der Waals surface area contributed by atoms with Gasteiger partial charge in [-0.3, -0.25) is 0 Å². The van der Waals surface area contributed by atoms with E-state index < -0.39 is 0 Å². The summed E-state index contributed by atoms with van der Waals surface area (Å²) in [6.45, 7) is 9.02. The van der Waals surface area contributed by atoms with E-state index in [1.165, 1.54) is 33.0 Å². The topological polar surface area (TPSA) is 21.3 Å². The molecule has 0 atom stereocenters.